The van der Waals surface area contributed by atoms with Gasteiger partial charge < -0.3 is 10.2 Å². The van der Waals surface area contributed by atoms with Crippen LogP contribution in [0.1, 0.15) is 32.4 Å². The van der Waals surface area contributed by atoms with Crippen molar-refractivity contribution in [1.82, 2.24) is 14.7 Å². The molecule has 0 spiro atoms. The number of amides is 2. The molecule has 1 aliphatic rings. The van der Waals surface area contributed by atoms with Gasteiger partial charge in [-0.1, -0.05) is 13.8 Å². The largest absolute Gasteiger partial charge is 0.330 e. The van der Waals surface area contributed by atoms with Crippen LogP contribution < -0.4 is 5.32 Å². The molecule has 0 bridgehead atoms. The Balaban J connectivity index is 2.13. The Hall–Kier alpha value is -1.85. The highest BCUT2D eigenvalue weighted by Gasteiger charge is 2.35. The van der Waals surface area contributed by atoms with Crippen LogP contribution >= 0.6 is 0 Å². The van der Waals surface area contributed by atoms with E-state index in [-0.39, 0.29) is 17.7 Å². The second-order valence-corrected chi connectivity index (χ2v) is 5.66. The summed E-state index contributed by atoms with van der Waals surface area (Å²) in [6, 6.07) is 1.40. The molecule has 0 saturated carbocycles. The van der Waals surface area contributed by atoms with Crippen molar-refractivity contribution in [2.75, 3.05) is 11.9 Å². The minimum absolute atomic E-state index is 0.0658. The molecule has 2 amide bonds. The van der Waals surface area contributed by atoms with E-state index in [0.717, 1.165) is 12.1 Å². The molecule has 1 atom stereocenters. The maximum absolute atomic E-state index is 12.5. The van der Waals surface area contributed by atoms with Crippen LogP contribution in [0.5, 0.6) is 0 Å². The summed E-state index contributed by atoms with van der Waals surface area (Å²) in [7, 11) is 1.83. The summed E-state index contributed by atoms with van der Waals surface area (Å²) in [6.45, 7) is 6.50. The first-order valence-corrected chi connectivity index (χ1v) is 7.01. The molecular weight excluding hydrogens is 256 g/mol. The minimum Gasteiger partial charge on any atom is -0.330 e. The topological polar surface area (TPSA) is 67.2 Å². The van der Waals surface area contributed by atoms with E-state index in [1.54, 1.807) is 9.58 Å². The first-order valence-electron chi connectivity index (χ1n) is 7.01. The average Bonchev–Trinajstić information content (AvgIpc) is 2.87. The molecule has 6 nitrogen and oxygen atoms in total. The number of nitrogens with one attached hydrogen (secondary N) is 1. The highest BCUT2D eigenvalue weighted by atomic mass is 16.2. The Morgan fingerprint density at radius 3 is 2.60 bits per heavy atom. The van der Waals surface area contributed by atoms with Gasteiger partial charge in [0.15, 0.2) is 5.82 Å². The molecule has 1 aromatic rings. The normalized spacial score (nSPS) is 16.9. The van der Waals surface area contributed by atoms with E-state index in [2.05, 4.69) is 10.4 Å². The number of carbonyl (C=O) groups is 2. The van der Waals surface area contributed by atoms with Crippen molar-refractivity contribution < 1.29 is 9.59 Å². The fraction of sp³-hybridized carbons (Fsp3) is 0.643. The number of rotatable bonds is 4. The van der Waals surface area contributed by atoms with E-state index < -0.39 is 6.04 Å². The molecule has 1 aliphatic heterocycles. The molecule has 20 heavy (non-hydrogen) atoms. The van der Waals surface area contributed by atoms with Crippen LogP contribution in [0.3, 0.4) is 0 Å². The van der Waals surface area contributed by atoms with Crippen molar-refractivity contribution in [3.63, 3.8) is 0 Å². The molecule has 1 unspecified atom stereocenters. The highest BCUT2D eigenvalue weighted by Crippen LogP contribution is 2.20. The molecule has 0 radical (unpaired) electrons. The number of aryl methyl sites for hydroxylation is 2. The molecule has 1 aromatic heterocycles. The van der Waals surface area contributed by atoms with Crippen LogP contribution in [0.15, 0.2) is 6.07 Å². The number of carbonyl (C=O) groups excluding carboxylic acids is 2. The molecule has 0 aliphatic carbocycles. The first kappa shape index (κ1) is 14.6. The van der Waals surface area contributed by atoms with Crippen molar-refractivity contribution in [1.29, 1.82) is 0 Å². The smallest absolute Gasteiger partial charge is 0.248 e. The van der Waals surface area contributed by atoms with Crippen LogP contribution in [0.2, 0.25) is 0 Å². The summed E-state index contributed by atoms with van der Waals surface area (Å²) in [5.74, 6) is 0.513. The van der Waals surface area contributed by atoms with Crippen molar-refractivity contribution in [2.45, 2.75) is 39.7 Å². The Morgan fingerprint density at radius 2 is 2.15 bits per heavy atom. The number of nitrogens with zero attached hydrogens (tertiary/aromatic N) is 3. The lowest BCUT2D eigenvalue weighted by Crippen LogP contribution is -2.48. The standard InChI is InChI=1S/C14H22N4O2/c1-9(2)13(18-7-5-6-12(18)19)14(20)15-11-8-10(3)17(4)16-11/h8-9,13H,5-7H2,1-4H3,(H,15,16,20). The fourth-order valence-electron chi connectivity index (χ4n) is 2.59. The van der Waals surface area contributed by atoms with Crippen molar-refractivity contribution >= 4 is 17.6 Å². The lowest BCUT2D eigenvalue weighted by Gasteiger charge is -2.29. The van der Waals surface area contributed by atoms with Crippen molar-refractivity contribution in [3.05, 3.63) is 11.8 Å². The lowest BCUT2D eigenvalue weighted by atomic mass is 10.0. The molecule has 1 N–H and O–H groups in total. The van der Waals surface area contributed by atoms with Gasteiger partial charge in [0, 0.05) is 31.8 Å². The van der Waals surface area contributed by atoms with Gasteiger partial charge in [-0.15, -0.1) is 0 Å². The molecule has 1 fully saturated rings. The van der Waals surface area contributed by atoms with Gasteiger partial charge in [0.2, 0.25) is 11.8 Å². The van der Waals surface area contributed by atoms with Crippen LogP contribution in [-0.2, 0) is 16.6 Å². The number of aromatic nitrogens is 2. The maximum atomic E-state index is 12.5. The summed E-state index contributed by atoms with van der Waals surface area (Å²) in [4.78, 5) is 26.0. The average molecular weight is 278 g/mol. The Kier molecular flexibility index (Phi) is 4.11. The quantitative estimate of drug-likeness (QED) is 0.903. The summed E-state index contributed by atoms with van der Waals surface area (Å²) in [5.41, 5.74) is 0.971. The zero-order valence-electron chi connectivity index (χ0n) is 12.5. The van der Waals surface area contributed by atoms with Crippen LogP contribution in [0, 0.1) is 12.8 Å². The third kappa shape index (κ3) is 2.84. The second kappa shape index (κ2) is 5.64. The number of likely N-dealkylation sites (tertiary alicyclic amines) is 1. The van der Waals surface area contributed by atoms with Gasteiger partial charge in [-0.05, 0) is 19.3 Å². The molecule has 110 valence electrons. The number of hydrogen-bond donors (Lipinski definition) is 1. The molecule has 2 rings (SSSR count). The molecule has 0 aromatic carbocycles. The zero-order valence-corrected chi connectivity index (χ0v) is 12.5. The van der Waals surface area contributed by atoms with Crippen LogP contribution in [-0.4, -0.2) is 39.1 Å². The monoisotopic (exact) mass is 278 g/mol. The zero-order chi connectivity index (χ0) is 14.9. The predicted octanol–water partition coefficient (Wildman–Crippen LogP) is 1.31. The van der Waals surface area contributed by atoms with Gasteiger partial charge in [0.1, 0.15) is 6.04 Å². The van der Waals surface area contributed by atoms with Gasteiger partial charge in [0.25, 0.3) is 0 Å². The van der Waals surface area contributed by atoms with Crippen LogP contribution in [0.4, 0.5) is 5.82 Å². The SMILES string of the molecule is Cc1cc(NC(=O)C(C(C)C)N2CCCC2=O)nn1C. The second-order valence-electron chi connectivity index (χ2n) is 5.66. The van der Waals surface area contributed by atoms with Gasteiger partial charge in [-0.2, -0.15) is 5.10 Å². The maximum Gasteiger partial charge on any atom is 0.248 e. The minimum atomic E-state index is -0.424. The Bertz CT molecular complexity index is 502. The first-order chi connectivity index (χ1) is 9.40. The van der Waals surface area contributed by atoms with Crippen LogP contribution in [0.25, 0.3) is 0 Å². The molecule has 2 heterocycles. The fourth-order valence-corrected chi connectivity index (χ4v) is 2.59. The van der Waals surface area contributed by atoms with E-state index >= 15 is 0 Å². The van der Waals surface area contributed by atoms with Crippen molar-refractivity contribution in [3.8, 4) is 0 Å². The summed E-state index contributed by atoms with van der Waals surface area (Å²) < 4.78 is 1.71. The van der Waals surface area contributed by atoms with Gasteiger partial charge in [-0.25, -0.2) is 0 Å². The van der Waals surface area contributed by atoms with E-state index in [0.29, 0.717) is 18.8 Å². The highest BCUT2D eigenvalue weighted by molar-refractivity contribution is 5.97. The van der Waals surface area contributed by atoms with E-state index in [4.69, 9.17) is 0 Å². The molecule has 1 saturated heterocycles. The Morgan fingerprint density at radius 1 is 1.45 bits per heavy atom. The van der Waals surface area contributed by atoms with Gasteiger partial charge in [-0.3, -0.25) is 14.3 Å². The van der Waals surface area contributed by atoms with Gasteiger partial charge in [0.05, 0.1) is 0 Å². The number of anilines is 1. The third-order valence-corrected chi connectivity index (χ3v) is 3.71. The number of hydrogen-bond acceptors (Lipinski definition) is 3. The van der Waals surface area contributed by atoms with E-state index in [1.807, 2.05) is 33.9 Å². The van der Waals surface area contributed by atoms with E-state index in [9.17, 15) is 9.59 Å². The predicted molar refractivity (Wildman–Crippen MR) is 76.1 cm³/mol. The Labute approximate surface area is 119 Å². The summed E-state index contributed by atoms with van der Waals surface area (Å²) >= 11 is 0. The molecule has 6 heteroatoms. The lowest BCUT2D eigenvalue weighted by molar-refractivity contribution is -0.136. The molecular formula is C14H22N4O2. The van der Waals surface area contributed by atoms with Crippen molar-refractivity contribution in [2.24, 2.45) is 13.0 Å². The third-order valence-electron chi connectivity index (χ3n) is 3.71. The summed E-state index contributed by atoms with van der Waals surface area (Å²) in [6.07, 6.45) is 1.37. The van der Waals surface area contributed by atoms with Gasteiger partial charge >= 0.3 is 0 Å². The van der Waals surface area contributed by atoms with E-state index in [1.165, 1.54) is 0 Å². The summed E-state index contributed by atoms with van der Waals surface area (Å²) in [5, 5.41) is 7.04.